The molecule has 6 nitrogen and oxygen atoms in total. The van der Waals surface area contributed by atoms with Gasteiger partial charge in [0.2, 0.25) is 0 Å². The summed E-state index contributed by atoms with van der Waals surface area (Å²) in [6.07, 6.45) is 0. The van der Waals surface area contributed by atoms with Gasteiger partial charge in [0.1, 0.15) is 5.75 Å². The van der Waals surface area contributed by atoms with Crippen LogP contribution in [0.1, 0.15) is 26.3 Å². The normalized spacial score (nSPS) is 10.2. The summed E-state index contributed by atoms with van der Waals surface area (Å²) in [5, 5.41) is 2.63. The minimum atomic E-state index is -0.371. The second-order valence-corrected chi connectivity index (χ2v) is 6.33. The molecule has 1 amide bonds. The van der Waals surface area contributed by atoms with E-state index in [1.54, 1.807) is 37.4 Å². The molecule has 0 atom stereocenters. The fraction of sp³-hybridized carbons (Fsp3) is 0.263. The molecule has 2 aromatic carbocycles. The molecule has 0 saturated heterocycles. The van der Waals surface area contributed by atoms with Gasteiger partial charge in [-0.05, 0) is 58.7 Å². The number of ketones is 1. The van der Waals surface area contributed by atoms with Crippen LogP contribution in [0.15, 0.2) is 34.8 Å². The van der Waals surface area contributed by atoms with Crippen LogP contribution in [0.3, 0.4) is 0 Å². The Balaban J connectivity index is 2.11. The van der Waals surface area contributed by atoms with Gasteiger partial charge >= 0.3 is 0 Å². The van der Waals surface area contributed by atoms with Gasteiger partial charge < -0.3 is 19.5 Å². The molecule has 0 spiro atoms. The van der Waals surface area contributed by atoms with Crippen molar-refractivity contribution in [2.24, 2.45) is 0 Å². The number of hydrogen-bond donors (Lipinski definition) is 1. The molecule has 0 aliphatic rings. The largest absolute Gasteiger partial charge is 0.496 e. The fourth-order valence-corrected chi connectivity index (χ4v) is 3.05. The van der Waals surface area contributed by atoms with Crippen LogP contribution in [0, 0.1) is 6.92 Å². The summed E-state index contributed by atoms with van der Waals surface area (Å²) in [7, 11) is 4.56. The van der Waals surface area contributed by atoms with E-state index in [1.165, 1.54) is 14.2 Å². The van der Waals surface area contributed by atoms with E-state index >= 15 is 0 Å². The first-order chi connectivity index (χ1) is 12.4. The number of Topliss-reactive ketones (excluding diaryl/α,β-unsaturated/α-hetero) is 1. The molecule has 0 unspecified atom stereocenters. The number of benzene rings is 2. The van der Waals surface area contributed by atoms with Crippen molar-refractivity contribution in [3.05, 3.63) is 51.5 Å². The van der Waals surface area contributed by atoms with Crippen LogP contribution in [-0.2, 0) is 0 Å². The molecule has 7 heteroatoms. The summed E-state index contributed by atoms with van der Waals surface area (Å²) in [6.45, 7) is 1.74. The van der Waals surface area contributed by atoms with Gasteiger partial charge in [0.15, 0.2) is 17.3 Å². The number of nitrogens with one attached hydrogen (secondary N) is 1. The SMILES string of the molecule is COc1cc(C(=O)NCC(=O)c2ccc(OC)c(OC)c2)c(Br)cc1C. The van der Waals surface area contributed by atoms with Crippen molar-refractivity contribution in [3.63, 3.8) is 0 Å². The Hall–Kier alpha value is -2.54. The maximum atomic E-state index is 12.4. The molecule has 0 bridgehead atoms. The molecule has 0 aromatic heterocycles. The second kappa shape index (κ2) is 8.71. The van der Waals surface area contributed by atoms with E-state index in [0.717, 1.165) is 5.56 Å². The lowest BCUT2D eigenvalue weighted by atomic mass is 10.1. The molecule has 26 heavy (non-hydrogen) atoms. The van der Waals surface area contributed by atoms with Crippen LogP contribution in [0.5, 0.6) is 17.2 Å². The Labute approximate surface area is 160 Å². The van der Waals surface area contributed by atoms with Crippen molar-refractivity contribution in [1.82, 2.24) is 5.32 Å². The molecule has 0 aliphatic heterocycles. The van der Waals surface area contributed by atoms with Crippen molar-refractivity contribution >= 4 is 27.6 Å². The number of methoxy groups -OCH3 is 3. The molecule has 138 valence electrons. The number of halogens is 1. The van der Waals surface area contributed by atoms with E-state index in [9.17, 15) is 9.59 Å². The van der Waals surface area contributed by atoms with Gasteiger partial charge in [0.05, 0.1) is 33.4 Å². The van der Waals surface area contributed by atoms with Crippen LogP contribution >= 0.6 is 15.9 Å². The number of carbonyl (C=O) groups excluding carboxylic acids is 2. The molecule has 2 rings (SSSR count). The molecule has 1 N–H and O–H groups in total. The molecule has 0 fully saturated rings. The van der Waals surface area contributed by atoms with Crippen LogP contribution in [-0.4, -0.2) is 39.6 Å². The molecule has 0 saturated carbocycles. The topological polar surface area (TPSA) is 73.9 Å². The molecule has 0 aliphatic carbocycles. The average molecular weight is 422 g/mol. The number of carbonyl (C=O) groups is 2. The smallest absolute Gasteiger partial charge is 0.252 e. The maximum absolute atomic E-state index is 12.4. The summed E-state index contributed by atoms with van der Waals surface area (Å²) < 4.78 is 16.2. The zero-order chi connectivity index (χ0) is 19.3. The second-order valence-electron chi connectivity index (χ2n) is 5.48. The van der Waals surface area contributed by atoms with Gasteiger partial charge in [0.25, 0.3) is 5.91 Å². The highest BCUT2D eigenvalue weighted by Gasteiger charge is 2.16. The van der Waals surface area contributed by atoms with Crippen molar-refractivity contribution in [2.75, 3.05) is 27.9 Å². The van der Waals surface area contributed by atoms with Gasteiger partial charge in [-0.3, -0.25) is 9.59 Å². The highest BCUT2D eigenvalue weighted by atomic mass is 79.9. The van der Waals surface area contributed by atoms with E-state index < -0.39 is 0 Å². The van der Waals surface area contributed by atoms with E-state index in [0.29, 0.717) is 32.8 Å². The zero-order valence-electron chi connectivity index (χ0n) is 15.0. The lowest BCUT2D eigenvalue weighted by Gasteiger charge is -2.11. The summed E-state index contributed by atoms with van der Waals surface area (Å²) in [6, 6.07) is 8.29. The maximum Gasteiger partial charge on any atom is 0.252 e. The first kappa shape index (κ1) is 19.8. The van der Waals surface area contributed by atoms with E-state index in [2.05, 4.69) is 21.2 Å². The third-order valence-electron chi connectivity index (χ3n) is 3.84. The summed E-state index contributed by atoms with van der Waals surface area (Å²) in [5.74, 6) is 0.975. The lowest BCUT2D eigenvalue weighted by molar-refractivity contribution is 0.0903. The van der Waals surface area contributed by atoms with Crippen LogP contribution in [0.4, 0.5) is 0 Å². The number of amides is 1. The zero-order valence-corrected chi connectivity index (χ0v) is 16.6. The molecule has 2 aromatic rings. The average Bonchev–Trinajstić information content (AvgIpc) is 2.65. The number of aryl methyl sites for hydroxylation is 1. The van der Waals surface area contributed by atoms with Crippen molar-refractivity contribution in [3.8, 4) is 17.2 Å². The predicted molar refractivity (Wildman–Crippen MR) is 102 cm³/mol. The van der Waals surface area contributed by atoms with E-state index in [-0.39, 0.29) is 18.2 Å². The van der Waals surface area contributed by atoms with Crippen LogP contribution in [0.2, 0.25) is 0 Å². The summed E-state index contributed by atoms with van der Waals surface area (Å²) in [4.78, 5) is 24.8. The van der Waals surface area contributed by atoms with Gasteiger partial charge in [-0.25, -0.2) is 0 Å². The Morgan fingerprint density at radius 2 is 1.62 bits per heavy atom. The molecular weight excluding hydrogens is 402 g/mol. The highest BCUT2D eigenvalue weighted by Crippen LogP contribution is 2.28. The van der Waals surface area contributed by atoms with Gasteiger partial charge in [-0.15, -0.1) is 0 Å². The Bertz CT molecular complexity index is 835. The minimum absolute atomic E-state index is 0.142. The highest BCUT2D eigenvalue weighted by molar-refractivity contribution is 9.10. The minimum Gasteiger partial charge on any atom is -0.496 e. The monoisotopic (exact) mass is 421 g/mol. The van der Waals surface area contributed by atoms with Crippen molar-refractivity contribution < 1.29 is 23.8 Å². The van der Waals surface area contributed by atoms with Crippen LogP contribution < -0.4 is 19.5 Å². The van der Waals surface area contributed by atoms with Crippen LogP contribution in [0.25, 0.3) is 0 Å². The summed E-state index contributed by atoms with van der Waals surface area (Å²) >= 11 is 3.37. The molecule has 0 radical (unpaired) electrons. The third-order valence-corrected chi connectivity index (χ3v) is 4.50. The number of ether oxygens (including phenoxy) is 3. The number of rotatable bonds is 7. The predicted octanol–water partition coefficient (Wildman–Crippen LogP) is 3.40. The fourth-order valence-electron chi connectivity index (χ4n) is 2.41. The molecular formula is C19H20BrNO5. The third kappa shape index (κ3) is 4.35. The Morgan fingerprint density at radius 3 is 2.23 bits per heavy atom. The van der Waals surface area contributed by atoms with Gasteiger partial charge in [-0.1, -0.05) is 0 Å². The first-order valence-corrected chi connectivity index (χ1v) is 8.58. The lowest BCUT2D eigenvalue weighted by Crippen LogP contribution is -2.29. The Morgan fingerprint density at radius 1 is 0.962 bits per heavy atom. The summed E-state index contributed by atoms with van der Waals surface area (Å²) in [5.41, 5.74) is 1.72. The van der Waals surface area contributed by atoms with E-state index in [1.807, 2.05) is 6.92 Å². The van der Waals surface area contributed by atoms with Crippen molar-refractivity contribution in [2.45, 2.75) is 6.92 Å². The number of hydrogen-bond acceptors (Lipinski definition) is 5. The first-order valence-electron chi connectivity index (χ1n) is 7.78. The van der Waals surface area contributed by atoms with Gasteiger partial charge in [-0.2, -0.15) is 0 Å². The van der Waals surface area contributed by atoms with Crippen molar-refractivity contribution in [1.29, 1.82) is 0 Å². The van der Waals surface area contributed by atoms with Gasteiger partial charge in [0, 0.05) is 10.0 Å². The molecule has 0 heterocycles. The van der Waals surface area contributed by atoms with E-state index in [4.69, 9.17) is 14.2 Å². The standard InChI is InChI=1S/C19H20BrNO5/c1-11-7-14(20)13(9-17(11)25-3)19(23)21-10-15(22)12-5-6-16(24-2)18(8-12)26-4/h5-9H,10H2,1-4H3,(H,21,23). The quantitative estimate of drug-likeness (QED) is 0.693. The Kier molecular flexibility index (Phi) is 6.63.